The summed E-state index contributed by atoms with van der Waals surface area (Å²) in [4.78, 5) is 12.2. The van der Waals surface area contributed by atoms with Gasteiger partial charge in [-0.15, -0.1) is 0 Å². The molecule has 0 radical (unpaired) electrons. The number of hydrogen-bond donors (Lipinski definition) is 2. The Morgan fingerprint density at radius 3 is 2.86 bits per heavy atom. The van der Waals surface area contributed by atoms with Crippen LogP contribution in [0.15, 0.2) is 18.2 Å². The molecule has 0 aliphatic heterocycles. The summed E-state index contributed by atoms with van der Waals surface area (Å²) in [5.41, 5.74) is 1.57. The van der Waals surface area contributed by atoms with E-state index in [1.165, 1.54) is 0 Å². The van der Waals surface area contributed by atoms with E-state index in [0.29, 0.717) is 16.5 Å². The summed E-state index contributed by atoms with van der Waals surface area (Å²) in [5, 5.41) is 6.54. The second-order valence-electron chi connectivity index (χ2n) is 5.69. The van der Waals surface area contributed by atoms with Gasteiger partial charge in [0.15, 0.2) is 0 Å². The molecule has 0 saturated heterocycles. The summed E-state index contributed by atoms with van der Waals surface area (Å²) >= 11 is 6.12. The lowest BCUT2D eigenvalue weighted by Gasteiger charge is -2.29. The van der Waals surface area contributed by atoms with E-state index in [4.69, 9.17) is 11.6 Å². The van der Waals surface area contributed by atoms with Gasteiger partial charge in [-0.1, -0.05) is 37.1 Å². The summed E-state index contributed by atoms with van der Waals surface area (Å²) in [6, 6.07) is 5.35. The average molecular weight is 343 g/mol. The highest BCUT2D eigenvalue weighted by molar-refractivity contribution is 7.85. The summed E-state index contributed by atoms with van der Waals surface area (Å²) < 4.78 is 11.9. The standard InChI is InChI=1S/C16H23ClN2O2S/c1-3-22(21)13-8-5-7-12(10-13)18-16(20)19-15-11(2)6-4-9-14(15)17/h4,6,9,12-13H,3,5,7-8,10H2,1-2H3,(H2,18,19,20)/t12-,13+,22+/m1/s1. The zero-order chi connectivity index (χ0) is 16.1. The molecule has 1 saturated carbocycles. The number of rotatable bonds is 4. The van der Waals surface area contributed by atoms with Crippen LogP contribution >= 0.6 is 11.6 Å². The fraction of sp³-hybridized carbons (Fsp3) is 0.562. The first-order valence-corrected chi connectivity index (χ1v) is 9.47. The molecule has 122 valence electrons. The second kappa shape index (κ2) is 7.97. The average Bonchev–Trinajstić information content (AvgIpc) is 2.50. The predicted octanol–water partition coefficient (Wildman–Crippen LogP) is 3.85. The third kappa shape index (κ3) is 4.46. The van der Waals surface area contributed by atoms with Crippen LogP contribution in [0.4, 0.5) is 10.5 Å². The van der Waals surface area contributed by atoms with Gasteiger partial charge in [0.05, 0.1) is 10.7 Å². The molecule has 2 amide bonds. The van der Waals surface area contributed by atoms with Gasteiger partial charge in [0.25, 0.3) is 0 Å². The second-order valence-corrected chi connectivity index (χ2v) is 8.10. The van der Waals surface area contributed by atoms with Crippen molar-refractivity contribution in [3.63, 3.8) is 0 Å². The van der Waals surface area contributed by atoms with Gasteiger partial charge in [0, 0.05) is 27.8 Å². The van der Waals surface area contributed by atoms with E-state index in [1.54, 1.807) is 6.07 Å². The molecule has 0 spiro atoms. The lowest BCUT2D eigenvalue weighted by molar-refractivity contribution is 0.244. The molecule has 1 fully saturated rings. The fourth-order valence-corrected chi connectivity index (χ4v) is 4.49. The highest BCUT2D eigenvalue weighted by Crippen LogP contribution is 2.26. The van der Waals surface area contributed by atoms with Gasteiger partial charge in [-0.3, -0.25) is 4.21 Å². The molecule has 1 aliphatic rings. The van der Waals surface area contributed by atoms with Crippen LogP contribution in [0, 0.1) is 6.92 Å². The number of carbonyl (C=O) groups is 1. The number of hydrogen-bond acceptors (Lipinski definition) is 2. The summed E-state index contributed by atoms with van der Waals surface area (Å²) in [6.07, 6.45) is 3.72. The van der Waals surface area contributed by atoms with Crippen LogP contribution in [0.5, 0.6) is 0 Å². The van der Waals surface area contributed by atoms with E-state index in [-0.39, 0.29) is 17.3 Å². The van der Waals surface area contributed by atoms with E-state index in [2.05, 4.69) is 10.6 Å². The lowest BCUT2D eigenvalue weighted by atomic mass is 9.95. The molecule has 2 rings (SSSR count). The Hall–Kier alpha value is -1.07. The monoisotopic (exact) mass is 342 g/mol. The summed E-state index contributed by atoms with van der Waals surface area (Å²) in [7, 11) is -0.787. The Morgan fingerprint density at radius 2 is 2.18 bits per heavy atom. The van der Waals surface area contributed by atoms with Gasteiger partial charge in [0.2, 0.25) is 0 Å². The number of para-hydroxylation sites is 1. The first-order chi connectivity index (χ1) is 10.5. The van der Waals surface area contributed by atoms with Crippen molar-refractivity contribution >= 4 is 34.1 Å². The fourth-order valence-electron chi connectivity index (χ4n) is 2.88. The Bertz CT molecular complexity index is 545. The van der Waals surface area contributed by atoms with Crippen LogP contribution in [0.1, 0.15) is 38.2 Å². The number of benzene rings is 1. The highest BCUT2D eigenvalue weighted by atomic mass is 35.5. The zero-order valence-electron chi connectivity index (χ0n) is 13.0. The number of urea groups is 1. The molecule has 0 bridgehead atoms. The van der Waals surface area contributed by atoms with Gasteiger partial charge in [0.1, 0.15) is 0 Å². The van der Waals surface area contributed by atoms with Gasteiger partial charge in [-0.25, -0.2) is 4.79 Å². The van der Waals surface area contributed by atoms with E-state index in [1.807, 2.05) is 26.0 Å². The minimum Gasteiger partial charge on any atom is -0.335 e. The van der Waals surface area contributed by atoms with Crippen molar-refractivity contribution in [1.29, 1.82) is 0 Å². The van der Waals surface area contributed by atoms with Crippen molar-refractivity contribution in [2.45, 2.75) is 50.8 Å². The number of aryl methyl sites for hydroxylation is 1. The number of carbonyl (C=O) groups excluding carboxylic acids is 1. The van der Waals surface area contributed by atoms with Crippen molar-refractivity contribution in [3.05, 3.63) is 28.8 Å². The maximum atomic E-state index is 12.2. The molecular weight excluding hydrogens is 320 g/mol. The molecule has 3 atom stereocenters. The Balaban J connectivity index is 1.93. The van der Waals surface area contributed by atoms with Crippen molar-refractivity contribution in [2.24, 2.45) is 0 Å². The lowest BCUT2D eigenvalue weighted by Crippen LogP contribution is -2.43. The van der Waals surface area contributed by atoms with Crippen LogP contribution in [0.2, 0.25) is 5.02 Å². The zero-order valence-corrected chi connectivity index (χ0v) is 14.6. The summed E-state index contributed by atoms with van der Waals surface area (Å²) in [6.45, 7) is 3.85. The van der Waals surface area contributed by atoms with Crippen molar-refractivity contribution < 1.29 is 9.00 Å². The topological polar surface area (TPSA) is 58.2 Å². The Labute approximate surface area is 139 Å². The SMILES string of the molecule is CC[S@](=O)[C@H]1CCC[C@@H](NC(=O)Nc2c(C)cccc2Cl)C1. The van der Waals surface area contributed by atoms with Crippen molar-refractivity contribution in [3.8, 4) is 0 Å². The molecule has 0 aromatic heterocycles. The third-order valence-electron chi connectivity index (χ3n) is 4.08. The summed E-state index contributed by atoms with van der Waals surface area (Å²) in [5.74, 6) is 0.683. The quantitative estimate of drug-likeness (QED) is 0.873. The molecule has 2 N–H and O–H groups in total. The molecule has 0 heterocycles. The molecule has 6 heteroatoms. The van der Waals surface area contributed by atoms with Crippen LogP contribution in [0.25, 0.3) is 0 Å². The van der Waals surface area contributed by atoms with E-state index in [0.717, 1.165) is 31.2 Å². The van der Waals surface area contributed by atoms with Crippen LogP contribution in [0.3, 0.4) is 0 Å². The van der Waals surface area contributed by atoms with Gasteiger partial charge >= 0.3 is 6.03 Å². The first-order valence-electron chi connectivity index (χ1n) is 7.71. The predicted molar refractivity (Wildman–Crippen MR) is 93.1 cm³/mol. The smallest absolute Gasteiger partial charge is 0.319 e. The van der Waals surface area contributed by atoms with E-state index < -0.39 is 10.8 Å². The largest absolute Gasteiger partial charge is 0.335 e. The Morgan fingerprint density at radius 1 is 1.41 bits per heavy atom. The molecule has 4 nitrogen and oxygen atoms in total. The molecule has 22 heavy (non-hydrogen) atoms. The molecule has 1 aliphatic carbocycles. The normalized spacial score (nSPS) is 22.9. The number of anilines is 1. The molecule has 1 aromatic carbocycles. The molecule has 0 unspecified atom stereocenters. The van der Waals surface area contributed by atoms with Crippen molar-refractivity contribution in [2.75, 3.05) is 11.1 Å². The number of amides is 2. The minimum atomic E-state index is -0.787. The third-order valence-corrected chi connectivity index (χ3v) is 6.13. The van der Waals surface area contributed by atoms with Crippen LogP contribution in [-0.2, 0) is 10.8 Å². The van der Waals surface area contributed by atoms with Gasteiger partial charge in [-0.05, 0) is 37.8 Å². The minimum absolute atomic E-state index is 0.0806. The van der Waals surface area contributed by atoms with E-state index in [9.17, 15) is 9.00 Å². The molecule has 1 aromatic rings. The van der Waals surface area contributed by atoms with E-state index >= 15 is 0 Å². The highest BCUT2D eigenvalue weighted by Gasteiger charge is 2.26. The van der Waals surface area contributed by atoms with Crippen LogP contribution < -0.4 is 10.6 Å². The number of halogens is 1. The van der Waals surface area contributed by atoms with Gasteiger partial charge in [-0.2, -0.15) is 0 Å². The maximum Gasteiger partial charge on any atom is 0.319 e. The van der Waals surface area contributed by atoms with Crippen LogP contribution in [-0.4, -0.2) is 27.3 Å². The maximum absolute atomic E-state index is 12.2. The Kier molecular flexibility index (Phi) is 6.26. The molecular formula is C16H23ClN2O2S. The number of nitrogens with one attached hydrogen (secondary N) is 2. The van der Waals surface area contributed by atoms with Crippen molar-refractivity contribution in [1.82, 2.24) is 5.32 Å². The first kappa shape index (κ1) is 17.3. The van der Waals surface area contributed by atoms with Gasteiger partial charge < -0.3 is 10.6 Å².